The van der Waals surface area contributed by atoms with Crippen molar-refractivity contribution >= 4 is 40.1 Å². The summed E-state index contributed by atoms with van der Waals surface area (Å²) in [6, 6.07) is 15.0. The molecule has 3 rings (SSSR count). The van der Waals surface area contributed by atoms with E-state index in [1.165, 1.54) is 11.8 Å². The summed E-state index contributed by atoms with van der Waals surface area (Å²) in [5.74, 6) is 0.355. The van der Waals surface area contributed by atoms with Crippen LogP contribution in [0.25, 0.3) is 0 Å². The van der Waals surface area contributed by atoms with E-state index >= 15 is 0 Å². The maximum atomic E-state index is 12.7. The number of rotatable bonds is 6. The van der Waals surface area contributed by atoms with Crippen molar-refractivity contribution in [3.8, 4) is 5.75 Å². The maximum absolute atomic E-state index is 12.7. The number of nitrogens with one attached hydrogen (secondary N) is 1. The van der Waals surface area contributed by atoms with Crippen molar-refractivity contribution in [3.63, 3.8) is 0 Å². The summed E-state index contributed by atoms with van der Waals surface area (Å²) in [7, 11) is 0. The standard InChI is InChI=1S/C21H23N3O3S/c1-4-27-18-8-6-5-7-17(18)23-20(26)15(3)28-21-22-13-19(25)24(21)16-11-9-14(2)10-12-16/h5-12,15H,4,13H2,1-3H3,(H,23,26)/t15-/m0/s1. The number of amidine groups is 1. The molecule has 0 unspecified atom stereocenters. The average molecular weight is 398 g/mol. The largest absolute Gasteiger partial charge is 0.492 e. The second-order valence-corrected chi connectivity index (χ2v) is 7.65. The van der Waals surface area contributed by atoms with E-state index < -0.39 is 5.25 Å². The number of ether oxygens (including phenoxy) is 1. The van der Waals surface area contributed by atoms with Gasteiger partial charge < -0.3 is 10.1 Å². The third-order valence-electron chi connectivity index (χ3n) is 4.18. The second kappa shape index (κ2) is 8.93. The van der Waals surface area contributed by atoms with Gasteiger partial charge in [0.15, 0.2) is 5.17 Å². The summed E-state index contributed by atoms with van der Waals surface area (Å²) < 4.78 is 5.55. The predicted molar refractivity (Wildman–Crippen MR) is 114 cm³/mol. The molecule has 2 aromatic carbocycles. The predicted octanol–water partition coefficient (Wildman–Crippen LogP) is 3.86. The minimum Gasteiger partial charge on any atom is -0.492 e. The number of benzene rings is 2. The molecule has 0 saturated heterocycles. The van der Waals surface area contributed by atoms with E-state index in [4.69, 9.17) is 4.74 Å². The summed E-state index contributed by atoms with van der Waals surface area (Å²) in [5.41, 5.74) is 2.50. The highest BCUT2D eigenvalue weighted by atomic mass is 32.2. The van der Waals surface area contributed by atoms with Gasteiger partial charge in [0.05, 0.1) is 23.2 Å². The zero-order chi connectivity index (χ0) is 20.1. The van der Waals surface area contributed by atoms with Crippen LogP contribution in [0.15, 0.2) is 53.5 Å². The van der Waals surface area contributed by atoms with E-state index in [-0.39, 0.29) is 18.4 Å². The maximum Gasteiger partial charge on any atom is 0.254 e. The summed E-state index contributed by atoms with van der Waals surface area (Å²) >= 11 is 1.27. The lowest BCUT2D eigenvalue weighted by molar-refractivity contribution is -0.116. The number of aryl methyl sites for hydroxylation is 1. The quantitative estimate of drug-likeness (QED) is 0.804. The van der Waals surface area contributed by atoms with Gasteiger partial charge in [-0.3, -0.25) is 19.5 Å². The first-order valence-corrected chi connectivity index (χ1v) is 10.0. The Hall–Kier alpha value is -2.80. The molecule has 146 valence electrons. The Labute approximate surface area is 169 Å². The molecule has 2 amide bonds. The topological polar surface area (TPSA) is 71.0 Å². The van der Waals surface area contributed by atoms with Gasteiger partial charge in [0, 0.05) is 0 Å². The first kappa shape index (κ1) is 19.9. The Morgan fingerprint density at radius 2 is 1.96 bits per heavy atom. The summed E-state index contributed by atoms with van der Waals surface area (Å²) in [6.07, 6.45) is 0. The van der Waals surface area contributed by atoms with Gasteiger partial charge in [-0.25, -0.2) is 0 Å². The summed E-state index contributed by atoms with van der Waals surface area (Å²) in [6.45, 7) is 6.29. The molecule has 1 heterocycles. The normalized spacial score (nSPS) is 14.6. The Kier molecular flexibility index (Phi) is 6.36. The van der Waals surface area contributed by atoms with Gasteiger partial charge in [-0.1, -0.05) is 41.6 Å². The van der Waals surface area contributed by atoms with E-state index in [1.807, 2.05) is 56.3 Å². The van der Waals surface area contributed by atoms with E-state index in [9.17, 15) is 9.59 Å². The fraction of sp³-hybridized carbons (Fsp3) is 0.286. The molecule has 0 spiro atoms. The van der Waals surface area contributed by atoms with Gasteiger partial charge in [0.2, 0.25) is 5.91 Å². The SMILES string of the molecule is CCOc1ccccc1NC(=O)[C@H](C)SC1=NCC(=O)N1c1ccc(C)cc1. The van der Waals surface area contributed by atoms with E-state index in [0.717, 1.165) is 11.3 Å². The van der Waals surface area contributed by atoms with Crippen LogP contribution in [0.3, 0.4) is 0 Å². The van der Waals surface area contributed by atoms with Gasteiger partial charge >= 0.3 is 0 Å². The fourth-order valence-corrected chi connectivity index (χ4v) is 3.65. The third-order valence-corrected chi connectivity index (χ3v) is 5.27. The van der Waals surface area contributed by atoms with Crippen LogP contribution >= 0.6 is 11.8 Å². The highest BCUT2D eigenvalue weighted by Crippen LogP contribution is 2.28. The molecule has 6 nitrogen and oxygen atoms in total. The number of carbonyl (C=O) groups excluding carboxylic acids is 2. The molecule has 1 atom stereocenters. The Morgan fingerprint density at radius 3 is 2.68 bits per heavy atom. The van der Waals surface area contributed by atoms with Crippen molar-refractivity contribution in [2.75, 3.05) is 23.4 Å². The van der Waals surface area contributed by atoms with Gasteiger partial charge in [0.25, 0.3) is 5.91 Å². The van der Waals surface area contributed by atoms with Crippen LogP contribution in [0, 0.1) is 6.92 Å². The molecular weight excluding hydrogens is 374 g/mol. The Balaban J connectivity index is 1.69. The summed E-state index contributed by atoms with van der Waals surface area (Å²) in [5, 5.41) is 3.00. The van der Waals surface area contributed by atoms with Crippen molar-refractivity contribution in [2.45, 2.75) is 26.0 Å². The minimum atomic E-state index is -0.438. The highest BCUT2D eigenvalue weighted by Gasteiger charge is 2.30. The Bertz CT molecular complexity index is 896. The molecule has 2 aromatic rings. The van der Waals surface area contributed by atoms with Gasteiger partial charge in [-0.15, -0.1) is 0 Å². The van der Waals surface area contributed by atoms with Gasteiger partial charge in [0.1, 0.15) is 12.3 Å². The molecule has 0 radical (unpaired) electrons. The molecule has 1 N–H and O–H groups in total. The first-order chi connectivity index (χ1) is 13.5. The minimum absolute atomic E-state index is 0.0950. The van der Waals surface area contributed by atoms with Crippen molar-refractivity contribution in [2.24, 2.45) is 4.99 Å². The zero-order valence-electron chi connectivity index (χ0n) is 16.1. The third kappa shape index (κ3) is 4.54. The van der Waals surface area contributed by atoms with Gasteiger partial charge in [-0.05, 0) is 45.0 Å². The molecule has 0 aromatic heterocycles. The van der Waals surface area contributed by atoms with Crippen molar-refractivity contribution in [1.29, 1.82) is 0 Å². The number of para-hydroxylation sites is 2. The van der Waals surface area contributed by atoms with Crippen LogP contribution in [0.2, 0.25) is 0 Å². The number of hydrogen-bond donors (Lipinski definition) is 1. The molecule has 28 heavy (non-hydrogen) atoms. The molecule has 1 aliphatic rings. The van der Waals surface area contributed by atoms with Crippen LogP contribution in [-0.4, -0.2) is 35.4 Å². The number of amides is 2. The number of thioether (sulfide) groups is 1. The second-order valence-electron chi connectivity index (χ2n) is 6.34. The fourth-order valence-electron chi connectivity index (χ4n) is 2.72. The Morgan fingerprint density at radius 1 is 1.25 bits per heavy atom. The highest BCUT2D eigenvalue weighted by molar-refractivity contribution is 8.15. The van der Waals surface area contributed by atoms with Crippen LogP contribution < -0.4 is 15.0 Å². The van der Waals surface area contributed by atoms with E-state index in [2.05, 4.69) is 10.3 Å². The van der Waals surface area contributed by atoms with Crippen LogP contribution in [0.1, 0.15) is 19.4 Å². The molecule has 0 fully saturated rings. The van der Waals surface area contributed by atoms with Gasteiger partial charge in [-0.2, -0.15) is 0 Å². The number of anilines is 2. The first-order valence-electron chi connectivity index (χ1n) is 9.13. The molecule has 0 bridgehead atoms. The average Bonchev–Trinajstić information content (AvgIpc) is 3.04. The number of hydrogen-bond acceptors (Lipinski definition) is 5. The van der Waals surface area contributed by atoms with Crippen LogP contribution in [0.4, 0.5) is 11.4 Å². The molecule has 0 saturated carbocycles. The lowest BCUT2D eigenvalue weighted by Crippen LogP contribution is -2.33. The zero-order valence-corrected chi connectivity index (χ0v) is 17.0. The van der Waals surface area contributed by atoms with Crippen molar-refractivity contribution in [3.05, 3.63) is 54.1 Å². The smallest absolute Gasteiger partial charge is 0.254 e. The van der Waals surface area contributed by atoms with Crippen LogP contribution in [0.5, 0.6) is 5.75 Å². The molecule has 7 heteroatoms. The molecule has 1 aliphatic heterocycles. The molecule has 0 aliphatic carbocycles. The number of carbonyl (C=O) groups is 2. The molecular formula is C21H23N3O3S. The summed E-state index contributed by atoms with van der Waals surface area (Å²) in [4.78, 5) is 30.9. The number of aliphatic imine (C=N–C) groups is 1. The number of nitrogens with zero attached hydrogens (tertiary/aromatic N) is 2. The lowest BCUT2D eigenvalue weighted by atomic mass is 10.2. The van der Waals surface area contributed by atoms with E-state index in [0.29, 0.717) is 23.2 Å². The van der Waals surface area contributed by atoms with Crippen molar-refractivity contribution < 1.29 is 14.3 Å². The lowest BCUT2D eigenvalue weighted by Gasteiger charge is -2.20. The van der Waals surface area contributed by atoms with Crippen molar-refractivity contribution in [1.82, 2.24) is 0 Å². The van der Waals surface area contributed by atoms with E-state index in [1.54, 1.807) is 17.9 Å². The monoisotopic (exact) mass is 397 g/mol. The van der Waals surface area contributed by atoms with Crippen LogP contribution in [-0.2, 0) is 9.59 Å².